The summed E-state index contributed by atoms with van der Waals surface area (Å²) in [6, 6.07) is 14.2. The van der Waals surface area contributed by atoms with E-state index in [9.17, 15) is 0 Å². The average Bonchev–Trinajstić information content (AvgIpc) is 2.50. The molecular formula is C17H20BrNO2. The number of ether oxygens (including phenoxy) is 2. The largest absolute Gasteiger partial charge is 0.497 e. The van der Waals surface area contributed by atoms with Crippen molar-refractivity contribution < 1.29 is 9.47 Å². The minimum Gasteiger partial charge on any atom is -0.497 e. The van der Waals surface area contributed by atoms with E-state index in [1.165, 1.54) is 11.1 Å². The van der Waals surface area contributed by atoms with Crippen LogP contribution in [0, 0.1) is 0 Å². The Labute approximate surface area is 134 Å². The van der Waals surface area contributed by atoms with E-state index in [-0.39, 0.29) is 0 Å². The zero-order valence-corrected chi connectivity index (χ0v) is 13.7. The molecule has 0 radical (unpaired) electrons. The molecule has 0 amide bonds. The second-order valence-electron chi connectivity index (χ2n) is 4.75. The van der Waals surface area contributed by atoms with Crippen LogP contribution in [-0.2, 0) is 12.8 Å². The first-order valence-electron chi connectivity index (χ1n) is 6.97. The van der Waals surface area contributed by atoms with Gasteiger partial charge in [0.05, 0.1) is 18.2 Å². The number of hydrogen-bond donors (Lipinski definition) is 1. The molecule has 3 nitrogen and oxygen atoms in total. The molecule has 0 aliphatic rings. The van der Waals surface area contributed by atoms with Crippen LogP contribution in [0.4, 0.5) is 0 Å². The Hall–Kier alpha value is -1.52. The molecule has 4 heteroatoms. The second-order valence-corrected chi connectivity index (χ2v) is 5.60. The highest BCUT2D eigenvalue weighted by Crippen LogP contribution is 2.26. The number of halogens is 1. The molecule has 2 N–H and O–H groups in total. The Kier molecular flexibility index (Phi) is 6.08. The van der Waals surface area contributed by atoms with E-state index in [2.05, 4.69) is 40.2 Å². The van der Waals surface area contributed by atoms with Gasteiger partial charge in [0.1, 0.15) is 11.5 Å². The van der Waals surface area contributed by atoms with Crippen molar-refractivity contribution in [1.82, 2.24) is 0 Å². The summed E-state index contributed by atoms with van der Waals surface area (Å²) >= 11 is 3.54. The topological polar surface area (TPSA) is 44.5 Å². The third-order valence-electron chi connectivity index (χ3n) is 3.24. The fourth-order valence-electron chi connectivity index (χ4n) is 2.05. The lowest BCUT2D eigenvalue weighted by Crippen LogP contribution is -2.04. The molecule has 21 heavy (non-hydrogen) atoms. The zero-order valence-electron chi connectivity index (χ0n) is 12.1. The molecule has 0 fully saturated rings. The fourth-order valence-corrected chi connectivity index (χ4v) is 2.60. The molecule has 0 saturated heterocycles. The predicted molar refractivity (Wildman–Crippen MR) is 89.1 cm³/mol. The summed E-state index contributed by atoms with van der Waals surface area (Å²) in [5.74, 6) is 1.74. The lowest BCUT2D eigenvalue weighted by molar-refractivity contribution is 0.320. The predicted octanol–water partition coefficient (Wildman–Crippen LogP) is 3.58. The van der Waals surface area contributed by atoms with Gasteiger partial charge in [0.2, 0.25) is 0 Å². The van der Waals surface area contributed by atoms with Crippen molar-refractivity contribution in [3.8, 4) is 11.5 Å². The zero-order chi connectivity index (χ0) is 15.1. The van der Waals surface area contributed by atoms with E-state index in [1.54, 1.807) is 7.11 Å². The fraction of sp³-hybridized carbons (Fsp3) is 0.294. The normalized spacial score (nSPS) is 10.4. The molecule has 0 saturated carbocycles. The Balaban J connectivity index is 1.87. The second kappa shape index (κ2) is 8.05. The third kappa shape index (κ3) is 4.76. The summed E-state index contributed by atoms with van der Waals surface area (Å²) < 4.78 is 11.9. The van der Waals surface area contributed by atoms with Crippen LogP contribution >= 0.6 is 15.9 Å². The standard InChI is InChI=1S/C17H20BrNO2/c1-20-15-5-2-13(3-6-15)9-11-21-17-7-4-14(8-10-19)12-16(17)18/h2-7,12H,8-11,19H2,1H3. The number of nitrogens with two attached hydrogens (primary N) is 1. The molecule has 0 heterocycles. The van der Waals surface area contributed by atoms with Gasteiger partial charge >= 0.3 is 0 Å². The van der Waals surface area contributed by atoms with E-state index < -0.39 is 0 Å². The van der Waals surface area contributed by atoms with Crippen LogP contribution in [0.5, 0.6) is 11.5 Å². The smallest absolute Gasteiger partial charge is 0.133 e. The summed E-state index contributed by atoms with van der Waals surface area (Å²) in [5, 5.41) is 0. The van der Waals surface area contributed by atoms with Crippen molar-refractivity contribution in [2.45, 2.75) is 12.8 Å². The molecular weight excluding hydrogens is 330 g/mol. The third-order valence-corrected chi connectivity index (χ3v) is 3.86. The Morgan fingerprint density at radius 2 is 1.71 bits per heavy atom. The highest BCUT2D eigenvalue weighted by atomic mass is 79.9. The van der Waals surface area contributed by atoms with E-state index >= 15 is 0 Å². The molecule has 0 aromatic heterocycles. The van der Waals surface area contributed by atoms with Crippen molar-refractivity contribution in [2.75, 3.05) is 20.3 Å². The van der Waals surface area contributed by atoms with Gasteiger partial charge in [-0.25, -0.2) is 0 Å². The first-order valence-corrected chi connectivity index (χ1v) is 7.76. The highest BCUT2D eigenvalue weighted by Gasteiger charge is 2.03. The molecule has 0 aliphatic heterocycles. The molecule has 0 aliphatic carbocycles. The van der Waals surface area contributed by atoms with Crippen molar-refractivity contribution >= 4 is 15.9 Å². The molecule has 112 valence electrons. The monoisotopic (exact) mass is 349 g/mol. The van der Waals surface area contributed by atoms with Crippen LogP contribution in [0.2, 0.25) is 0 Å². The summed E-state index contributed by atoms with van der Waals surface area (Å²) in [4.78, 5) is 0. The van der Waals surface area contributed by atoms with Gasteiger partial charge in [0.15, 0.2) is 0 Å². The number of benzene rings is 2. The van der Waals surface area contributed by atoms with Gasteiger partial charge in [-0.05, 0) is 64.3 Å². The van der Waals surface area contributed by atoms with Gasteiger partial charge in [-0.3, -0.25) is 0 Å². The first-order chi connectivity index (χ1) is 10.2. The summed E-state index contributed by atoms with van der Waals surface area (Å²) in [7, 11) is 1.67. The number of hydrogen-bond acceptors (Lipinski definition) is 3. The summed E-state index contributed by atoms with van der Waals surface area (Å²) in [6.45, 7) is 1.30. The average molecular weight is 350 g/mol. The van der Waals surface area contributed by atoms with Gasteiger partial charge in [-0.15, -0.1) is 0 Å². The van der Waals surface area contributed by atoms with Gasteiger partial charge in [-0.1, -0.05) is 18.2 Å². The van der Waals surface area contributed by atoms with Gasteiger partial charge in [-0.2, -0.15) is 0 Å². The molecule has 0 atom stereocenters. The van der Waals surface area contributed by atoms with Crippen LogP contribution in [0.15, 0.2) is 46.9 Å². The maximum atomic E-state index is 5.82. The maximum Gasteiger partial charge on any atom is 0.133 e. The van der Waals surface area contributed by atoms with E-state index in [1.807, 2.05) is 18.2 Å². The number of rotatable bonds is 7. The van der Waals surface area contributed by atoms with Crippen molar-refractivity contribution in [1.29, 1.82) is 0 Å². The van der Waals surface area contributed by atoms with Crippen LogP contribution < -0.4 is 15.2 Å². The van der Waals surface area contributed by atoms with E-state index in [0.29, 0.717) is 13.2 Å². The molecule has 0 bridgehead atoms. The first kappa shape index (κ1) is 15.9. The Bertz CT molecular complexity index is 570. The number of methoxy groups -OCH3 is 1. The van der Waals surface area contributed by atoms with Crippen LogP contribution in [-0.4, -0.2) is 20.3 Å². The Morgan fingerprint density at radius 1 is 1.00 bits per heavy atom. The molecule has 2 aromatic carbocycles. The van der Waals surface area contributed by atoms with Crippen LogP contribution in [0.3, 0.4) is 0 Å². The lowest BCUT2D eigenvalue weighted by Gasteiger charge is -2.10. The van der Waals surface area contributed by atoms with Gasteiger partial charge < -0.3 is 15.2 Å². The summed E-state index contributed by atoms with van der Waals surface area (Å²) in [6.07, 6.45) is 1.74. The summed E-state index contributed by atoms with van der Waals surface area (Å²) in [5.41, 5.74) is 8.00. The minimum absolute atomic E-state index is 0.640. The van der Waals surface area contributed by atoms with Gasteiger partial charge in [0, 0.05) is 6.42 Å². The molecule has 0 spiro atoms. The Morgan fingerprint density at radius 3 is 2.33 bits per heavy atom. The molecule has 2 aromatic rings. The van der Waals surface area contributed by atoms with E-state index in [4.69, 9.17) is 15.2 Å². The SMILES string of the molecule is COc1ccc(CCOc2ccc(CCN)cc2Br)cc1. The van der Waals surface area contributed by atoms with Crippen molar-refractivity contribution in [3.05, 3.63) is 58.1 Å². The maximum absolute atomic E-state index is 5.82. The highest BCUT2D eigenvalue weighted by molar-refractivity contribution is 9.10. The molecule has 0 unspecified atom stereocenters. The lowest BCUT2D eigenvalue weighted by atomic mass is 10.1. The van der Waals surface area contributed by atoms with Crippen molar-refractivity contribution in [2.24, 2.45) is 5.73 Å². The quantitative estimate of drug-likeness (QED) is 0.830. The van der Waals surface area contributed by atoms with Crippen molar-refractivity contribution in [3.63, 3.8) is 0 Å². The molecule has 2 rings (SSSR count). The van der Waals surface area contributed by atoms with Gasteiger partial charge in [0.25, 0.3) is 0 Å². The minimum atomic E-state index is 0.640. The van der Waals surface area contributed by atoms with Crippen LogP contribution in [0.25, 0.3) is 0 Å². The van der Waals surface area contributed by atoms with E-state index in [0.717, 1.165) is 28.8 Å². The van der Waals surface area contributed by atoms with Crippen LogP contribution in [0.1, 0.15) is 11.1 Å².